The summed E-state index contributed by atoms with van der Waals surface area (Å²) in [6, 6.07) is 71.5. The highest BCUT2D eigenvalue weighted by atomic mass is 15.0. The number of aromatic nitrogens is 3. The maximum atomic E-state index is 5.31. The van der Waals surface area contributed by atoms with E-state index in [9.17, 15) is 0 Å². The minimum absolute atomic E-state index is 0.707. The molecular weight excluding hydrogens is 667 g/mol. The van der Waals surface area contributed by atoms with Crippen molar-refractivity contribution in [2.75, 3.05) is 0 Å². The maximum absolute atomic E-state index is 5.31. The van der Waals surface area contributed by atoms with Crippen LogP contribution in [0, 0.1) is 0 Å². The fraction of sp³-hybridized carbons (Fsp3) is 0. The Hall–Kier alpha value is -7.36. The Morgan fingerprint density at radius 2 is 0.909 bits per heavy atom. The van der Waals surface area contributed by atoms with E-state index in [0.29, 0.717) is 5.82 Å². The fourth-order valence-corrected chi connectivity index (χ4v) is 8.37. The van der Waals surface area contributed by atoms with Gasteiger partial charge in [0.1, 0.15) is 0 Å². The van der Waals surface area contributed by atoms with Gasteiger partial charge in [-0.15, -0.1) is 0 Å². The highest BCUT2D eigenvalue weighted by Crippen LogP contribution is 2.41. The smallest absolute Gasteiger partial charge is 0.160 e. The molecule has 0 N–H and O–H groups in total. The zero-order chi connectivity index (χ0) is 36.3. The monoisotopic (exact) mass is 699 g/mol. The molecule has 0 aliphatic carbocycles. The molecule has 0 radical (unpaired) electrons. The zero-order valence-corrected chi connectivity index (χ0v) is 29.9. The molecule has 0 spiro atoms. The van der Waals surface area contributed by atoms with Crippen LogP contribution in [0.4, 0.5) is 0 Å². The van der Waals surface area contributed by atoms with Gasteiger partial charge in [0.15, 0.2) is 5.82 Å². The SMILES string of the molecule is c1ccc(-c2nc(-c3ccc(-c4ccc5c6ccccc6n(-c6ccccc6)c5c4)cc3)cc(-c3c4ccccc4cc4c3ccc3ccccc34)n2)cc1. The lowest BCUT2D eigenvalue weighted by molar-refractivity contribution is 1.18. The summed E-state index contributed by atoms with van der Waals surface area (Å²) in [5.41, 5.74) is 10.8. The van der Waals surface area contributed by atoms with Crippen LogP contribution >= 0.6 is 0 Å². The summed E-state index contributed by atoms with van der Waals surface area (Å²) < 4.78 is 2.37. The molecule has 0 aliphatic rings. The van der Waals surface area contributed by atoms with Gasteiger partial charge in [0.05, 0.1) is 22.4 Å². The highest BCUT2D eigenvalue weighted by molar-refractivity contribution is 6.20. The van der Waals surface area contributed by atoms with Crippen molar-refractivity contribution < 1.29 is 0 Å². The van der Waals surface area contributed by atoms with E-state index < -0.39 is 0 Å². The summed E-state index contributed by atoms with van der Waals surface area (Å²) in [5, 5.41) is 9.73. The summed E-state index contributed by atoms with van der Waals surface area (Å²) in [7, 11) is 0. The van der Waals surface area contributed by atoms with Crippen LogP contribution < -0.4 is 0 Å². The molecule has 256 valence electrons. The third-order valence-electron chi connectivity index (χ3n) is 11.0. The minimum Gasteiger partial charge on any atom is -0.309 e. The predicted molar refractivity (Wildman–Crippen MR) is 231 cm³/mol. The van der Waals surface area contributed by atoms with Crippen molar-refractivity contribution in [1.82, 2.24) is 14.5 Å². The van der Waals surface area contributed by atoms with Crippen LogP contribution in [0.5, 0.6) is 0 Å². The van der Waals surface area contributed by atoms with Gasteiger partial charge in [0.25, 0.3) is 0 Å². The van der Waals surface area contributed by atoms with Crippen LogP contribution in [-0.4, -0.2) is 14.5 Å². The van der Waals surface area contributed by atoms with Crippen molar-refractivity contribution in [3.8, 4) is 50.7 Å². The molecule has 0 saturated carbocycles. The van der Waals surface area contributed by atoms with Crippen LogP contribution in [0.2, 0.25) is 0 Å². The van der Waals surface area contributed by atoms with Gasteiger partial charge in [-0.05, 0) is 79.8 Å². The number of para-hydroxylation sites is 2. The van der Waals surface area contributed by atoms with Crippen LogP contribution in [0.15, 0.2) is 200 Å². The van der Waals surface area contributed by atoms with Crippen molar-refractivity contribution in [3.63, 3.8) is 0 Å². The minimum atomic E-state index is 0.707. The molecule has 0 bridgehead atoms. The second-order valence-electron chi connectivity index (χ2n) is 14.2. The molecule has 0 fully saturated rings. The Morgan fingerprint density at radius 3 is 1.73 bits per heavy atom. The number of rotatable bonds is 5. The summed E-state index contributed by atoms with van der Waals surface area (Å²) in [6.07, 6.45) is 0. The van der Waals surface area contributed by atoms with E-state index in [0.717, 1.165) is 39.3 Å². The Bertz CT molecular complexity index is 3230. The molecule has 0 atom stereocenters. The van der Waals surface area contributed by atoms with E-state index in [1.807, 2.05) is 18.2 Å². The molecule has 0 saturated heterocycles. The Kier molecular flexibility index (Phi) is 7.17. The Balaban J connectivity index is 1.08. The molecule has 11 rings (SSSR count). The molecule has 55 heavy (non-hydrogen) atoms. The van der Waals surface area contributed by atoms with Gasteiger partial charge in [-0.3, -0.25) is 0 Å². The maximum Gasteiger partial charge on any atom is 0.160 e. The van der Waals surface area contributed by atoms with Gasteiger partial charge >= 0.3 is 0 Å². The van der Waals surface area contributed by atoms with Crippen LogP contribution in [0.1, 0.15) is 0 Å². The lowest BCUT2D eigenvalue weighted by atomic mass is 9.91. The van der Waals surface area contributed by atoms with E-state index in [-0.39, 0.29) is 0 Å². The molecule has 11 aromatic rings. The van der Waals surface area contributed by atoms with E-state index in [4.69, 9.17) is 9.97 Å². The van der Waals surface area contributed by atoms with Crippen molar-refractivity contribution in [2.45, 2.75) is 0 Å². The third-order valence-corrected chi connectivity index (χ3v) is 11.0. The van der Waals surface area contributed by atoms with Crippen LogP contribution in [0.3, 0.4) is 0 Å². The molecule has 2 heterocycles. The second kappa shape index (κ2) is 12.6. The largest absolute Gasteiger partial charge is 0.309 e. The van der Waals surface area contributed by atoms with Gasteiger partial charge < -0.3 is 4.57 Å². The Morgan fingerprint density at radius 1 is 0.309 bits per heavy atom. The number of hydrogen-bond donors (Lipinski definition) is 0. The lowest BCUT2D eigenvalue weighted by Crippen LogP contribution is -1.97. The first kappa shape index (κ1) is 31.2. The molecule has 2 aromatic heterocycles. The zero-order valence-electron chi connectivity index (χ0n) is 29.9. The first-order valence-corrected chi connectivity index (χ1v) is 18.7. The quantitative estimate of drug-likeness (QED) is 0.132. The van der Waals surface area contributed by atoms with E-state index >= 15 is 0 Å². The Labute approximate surface area is 318 Å². The topological polar surface area (TPSA) is 30.7 Å². The summed E-state index contributed by atoms with van der Waals surface area (Å²) >= 11 is 0. The molecule has 0 amide bonds. The first-order valence-electron chi connectivity index (χ1n) is 18.7. The normalized spacial score (nSPS) is 11.6. The van der Waals surface area contributed by atoms with E-state index in [1.54, 1.807) is 0 Å². The number of fused-ring (bicyclic) bond motifs is 7. The highest BCUT2D eigenvalue weighted by Gasteiger charge is 2.18. The molecule has 0 aliphatic heterocycles. The second-order valence-corrected chi connectivity index (χ2v) is 14.2. The van der Waals surface area contributed by atoms with Gasteiger partial charge in [-0.25, -0.2) is 9.97 Å². The van der Waals surface area contributed by atoms with Crippen LogP contribution in [-0.2, 0) is 0 Å². The predicted octanol–water partition coefficient (Wildman–Crippen LogP) is 13.7. The molecule has 0 unspecified atom stereocenters. The molecule has 3 nitrogen and oxygen atoms in total. The summed E-state index contributed by atoms with van der Waals surface area (Å²) in [5.74, 6) is 0.707. The van der Waals surface area contributed by atoms with Gasteiger partial charge in [0.2, 0.25) is 0 Å². The molecule has 9 aromatic carbocycles. The third kappa shape index (κ3) is 5.20. The van der Waals surface area contributed by atoms with Crippen molar-refractivity contribution in [1.29, 1.82) is 0 Å². The van der Waals surface area contributed by atoms with Crippen molar-refractivity contribution >= 4 is 54.1 Å². The molecular formula is C52H33N3. The molecule has 3 heteroatoms. The van der Waals surface area contributed by atoms with E-state index in [1.165, 1.54) is 59.7 Å². The van der Waals surface area contributed by atoms with Crippen molar-refractivity contribution in [2.24, 2.45) is 0 Å². The van der Waals surface area contributed by atoms with Gasteiger partial charge in [-0.2, -0.15) is 0 Å². The average Bonchev–Trinajstić information content (AvgIpc) is 3.59. The number of hydrogen-bond acceptors (Lipinski definition) is 2. The summed E-state index contributed by atoms with van der Waals surface area (Å²) in [4.78, 5) is 10.5. The van der Waals surface area contributed by atoms with Crippen LogP contribution in [0.25, 0.3) is 105 Å². The fourth-order valence-electron chi connectivity index (χ4n) is 8.37. The first-order chi connectivity index (χ1) is 27.3. The number of benzene rings is 9. The summed E-state index contributed by atoms with van der Waals surface area (Å²) in [6.45, 7) is 0. The van der Waals surface area contributed by atoms with E-state index in [2.05, 4.69) is 187 Å². The van der Waals surface area contributed by atoms with Crippen molar-refractivity contribution in [3.05, 3.63) is 200 Å². The lowest BCUT2D eigenvalue weighted by Gasteiger charge is -2.15. The van der Waals surface area contributed by atoms with Gasteiger partial charge in [-0.1, -0.05) is 164 Å². The van der Waals surface area contributed by atoms with Gasteiger partial charge in [0, 0.05) is 33.2 Å². The number of nitrogens with zero attached hydrogens (tertiary/aromatic N) is 3. The average molecular weight is 700 g/mol. The standard InChI is InChI=1S/C52H33N3/c1-3-14-37(15-4-1)52-53-47(33-48(54-52)51-42-20-10-8-16-39(42)31-46-41-19-9-7-13-35(41)27-30-45(46)51)36-25-23-34(24-26-36)38-28-29-44-43-21-11-12-22-49(43)55(50(44)32-38)40-17-5-2-6-18-40/h1-33H.